The Morgan fingerprint density at radius 2 is 1.89 bits per heavy atom. The lowest BCUT2D eigenvalue weighted by Crippen LogP contribution is -2.44. The van der Waals surface area contributed by atoms with Crippen LogP contribution in [0.3, 0.4) is 0 Å². The number of benzene rings is 1. The SMILES string of the molecule is CC[C@@H](C)[C@@H](NS(=O)(=O)c1ccc(Br)cc1)C(=O)O. The summed E-state index contributed by atoms with van der Waals surface area (Å²) < 4.78 is 27.2. The molecule has 0 amide bonds. The van der Waals surface area contributed by atoms with Gasteiger partial charge in [0.25, 0.3) is 0 Å². The van der Waals surface area contributed by atoms with Gasteiger partial charge in [0.2, 0.25) is 10.0 Å². The van der Waals surface area contributed by atoms with Crippen LogP contribution in [-0.2, 0) is 14.8 Å². The molecule has 19 heavy (non-hydrogen) atoms. The molecule has 2 N–H and O–H groups in total. The van der Waals surface area contributed by atoms with E-state index < -0.39 is 22.0 Å². The summed E-state index contributed by atoms with van der Waals surface area (Å²) in [4.78, 5) is 11.2. The fourth-order valence-electron chi connectivity index (χ4n) is 1.49. The number of carbonyl (C=O) groups is 1. The maximum atomic E-state index is 12.1. The maximum absolute atomic E-state index is 12.1. The molecule has 0 bridgehead atoms. The number of nitrogens with one attached hydrogen (secondary N) is 1. The number of carboxylic acid groups (broad SMARTS) is 1. The zero-order valence-electron chi connectivity index (χ0n) is 10.6. The van der Waals surface area contributed by atoms with Crippen LogP contribution in [0.15, 0.2) is 33.6 Å². The summed E-state index contributed by atoms with van der Waals surface area (Å²) in [6, 6.07) is 4.89. The molecular formula is C12H16BrNO4S. The fraction of sp³-hybridized carbons (Fsp3) is 0.417. The highest BCUT2D eigenvalue weighted by Gasteiger charge is 2.29. The van der Waals surface area contributed by atoms with Crippen molar-refractivity contribution in [3.63, 3.8) is 0 Å². The zero-order chi connectivity index (χ0) is 14.6. The predicted molar refractivity (Wildman–Crippen MR) is 75.3 cm³/mol. The number of sulfonamides is 1. The Morgan fingerprint density at radius 3 is 2.32 bits per heavy atom. The standard InChI is InChI=1S/C12H16BrNO4S/c1-3-8(2)11(12(15)16)14-19(17,18)10-6-4-9(13)5-7-10/h4-8,11,14H,3H2,1-2H3,(H,15,16)/t8-,11-/m1/s1. The molecular weight excluding hydrogens is 334 g/mol. The van der Waals surface area contributed by atoms with Crippen molar-refractivity contribution >= 4 is 31.9 Å². The van der Waals surface area contributed by atoms with E-state index in [1.807, 2.05) is 6.92 Å². The number of halogens is 1. The highest BCUT2D eigenvalue weighted by atomic mass is 79.9. The molecule has 0 aromatic heterocycles. The first-order valence-corrected chi connectivity index (χ1v) is 8.06. The van der Waals surface area contributed by atoms with Crippen LogP contribution in [0.4, 0.5) is 0 Å². The van der Waals surface area contributed by atoms with Crippen molar-refractivity contribution in [3.8, 4) is 0 Å². The van der Waals surface area contributed by atoms with E-state index in [0.717, 1.165) is 4.47 Å². The van der Waals surface area contributed by atoms with Gasteiger partial charge >= 0.3 is 5.97 Å². The summed E-state index contributed by atoms with van der Waals surface area (Å²) in [6.45, 7) is 3.51. The molecule has 0 aliphatic carbocycles. The third kappa shape index (κ3) is 4.29. The Hall–Kier alpha value is -0.920. The van der Waals surface area contributed by atoms with E-state index in [2.05, 4.69) is 20.7 Å². The second-order valence-electron chi connectivity index (χ2n) is 4.28. The van der Waals surface area contributed by atoms with E-state index in [1.54, 1.807) is 19.1 Å². The Balaban J connectivity index is 3.00. The minimum absolute atomic E-state index is 0.0465. The van der Waals surface area contributed by atoms with Crippen LogP contribution in [0.5, 0.6) is 0 Å². The molecule has 0 heterocycles. The van der Waals surface area contributed by atoms with Gasteiger partial charge in [0, 0.05) is 4.47 Å². The highest BCUT2D eigenvalue weighted by Crippen LogP contribution is 2.17. The molecule has 0 aliphatic heterocycles. The third-order valence-corrected chi connectivity index (χ3v) is 4.87. The smallest absolute Gasteiger partial charge is 0.322 e. The van der Waals surface area contributed by atoms with Gasteiger partial charge in [-0.2, -0.15) is 4.72 Å². The first kappa shape index (κ1) is 16.1. The van der Waals surface area contributed by atoms with Crippen molar-refractivity contribution in [2.75, 3.05) is 0 Å². The first-order valence-electron chi connectivity index (χ1n) is 5.78. The fourth-order valence-corrected chi connectivity index (χ4v) is 3.06. The topological polar surface area (TPSA) is 83.5 Å². The van der Waals surface area contributed by atoms with Gasteiger partial charge in [0.15, 0.2) is 0 Å². The van der Waals surface area contributed by atoms with Gasteiger partial charge in [0.05, 0.1) is 4.90 Å². The van der Waals surface area contributed by atoms with Crippen molar-refractivity contribution in [2.24, 2.45) is 5.92 Å². The minimum Gasteiger partial charge on any atom is -0.480 e. The molecule has 1 rings (SSSR count). The number of aliphatic carboxylic acids is 1. The molecule has 0 radical (unpaired) electrons. The Kier molecular flexibility index (Phi) is 5.51. The lowest BCUT2D eigenvalue weighted by molar-refractivity contribution is -0.140. The molecule has 0 unspecified atom stereocenters. The predicted octanol–water partition coefficient (Wildman–Crippen LogP) is 2.23. The van der Waals surface area contributed by atoms with Crippen LogP contribution in [0, 0.1) is 5.92 Å². The van der Waals surface area contributed by atoms with Crippen molar-refractivity contribution in [1.82, 2.24) is 4.72 Å². The van der Waals surface area contributed by atoms with Crippen molar-refractivity contribution in [2.45, 2.75) is 31.2 Å². The number of hydrogen-bond donors (Lipinski definition) is 2. The van der Waals surface area contributed by atoms with Crippen LogP contribution >= 0.6 is 15.9 Å². The van der Waals surface area contributed by atoms with Crippen molar-refractivity contribution < 1.29 is 18.3 Å². The Bertz CT molecular complexity index is 541. The van der Waals surface area contributed by atoms with E-state index in [1.165, 1.54) is 12.1 Å². The Morgan fingerprint density at radius 1 is 1.37 bits per heavy atom. The molecule has 5 nitrogen and oxygen atoms in total. The summed E-state index contributed by atoms with van der Waals surface area (Å²) in [5, 5.41) is 9.09. The van der Waals surface area contributed by atoms with Gasteiger partial charge in [-0.3, -0.25) is 4.79 Å². The monoisotopic (exact) mass is 349 g/mol. The summed E-state index contributed by atoms with van der Waals surface area (Å²) in [6.07, 6.45) is 0.569. The second kappa shape index (κ2) is 6.49. The van der Waals surface area contributed by atoms with E-state index in [0.29, 0.717) is 6.42 Å². The van der Waals surface area contributed by atoms with Crippen LogP contribution in [-0.4, -0.2) is 25.5 Å². The van der Waals surface area contributed by atoms with Gasteiger partial charge in [-0.25, -0.2) is 8.42 Å². The van der Waals surface area contributed by atoms with Gasteiger partial charge in [-0.15, -0.1) is 0 Å². The van der Waals surface area contributed by atoms with Gasteiger partial charge in [0.1, 0.15) is 6.04 Å². The third-order valence-electron chi connectivity index (χ3n) is 2.89. The number of carboxylic acids is 1. The molecule has 1 aromatic carbocycles. The summed E-state index contributed by atoms with van der Waals surface area (Å²) in [5.74, 6) is -1.46. The summed E-state index contributed by atoms with van der Waals surface area (Å²) >= 11 is 3.21. The zero-order valence-corrected chi connectivity index (χ0v) is 13.0. The Labute approximate surface area is 121 Å². The average molecular weight is 350 g/mol. The van der Waals surface area contributed by atoms with E-state index in [9.17, 15) is 13.2 Å². The van der Waals surface area contributed by atoms with Crippen molar-refractivity contribution in [1.29, 1.82) is 0 Å². The largest absolute Gasteiger partial charge is 0.480 e. The number of rotatable bonds is 6. The van der Waals surface area contributed by atoms with Gasteiger partial charge < -0.3 is 5.11 Å². The average Bonchev–Trinajstić information content (AvgIpc) is 2.35. The highest BCUT2D eigenvalue weighted by molar-refractivity contribution is 9.10. The molecule has 1 aromatic rings. The summed E-state index contributed by atoms with van der Waals surface area (Å²) in [5.41, 5.74) is 0. The first-order chi connectivity index (χ1) is 8.77. The van der Waals surface area contributed by atoms with Crippen LogP contribution in [0.1, 0.15) is 20.3 Å². The molecule has 106 valence electrons. The summed E-state index contributed by atoms with van der Waals surface area (Å²) in [7, 11) is -3.83. The molecule has 0 spiro atoms. The molecule has 2 atom stereocenters. The van der Waals surface area contributed by atoms with Crippen LogP contribution in [0.25, 0.3) is 0 Å². The number of hydrogen-bond acceptors (Lipinski definition) is 3. The van der Waals surface area contributed by atoms with Gasteiger partial charge in [-0.05, 0) is 30.2 Å². The van der Waals surface area contributed by atoms with Crippen molar-refractivity contribution in [3.05, 3.63) is 28.7 Å². The van der Waals surface area contributed by atoms with E-state index >= 15 is 0 Å². The molecule has 0 aliphatic rings. The quantitative estimate of drug-likeness (QED) is 0.824. The lowest BCUT2D eigenvalue weighted by atomic mass is 10.0. The van der Waals surface area contributed by atoms with Crippen LogP contribution < -0.4 is 4.72 Å². The lowest BCUT2D eigenvalue weighted by Gasteiger charge is -2.20. The maximum Gasteiger partial charge on any atom is 0.322 e. The second-order valence-corrected chi connectivity index (χ2v) is 6.91. The normalized spacial score (nSPS) is 14.9. The molecule has 0 saturated heterocycles. The van der Waals surface area contributed by atoms with Crippen LogP contribution in [0.2, 0.25) is 0 Å². The molecule has 0 fully saturated rings. The van der Waals surface area contributed by atoms with Gasteiger partial charge in [-0.1, -0.05) is 36.2 Å². The van der Waals surface area contributed by atoms with E-state index in [-0.39, 0.29) is 10.8 Å². The van der Waals surface area contributed by atoms with E-state index in [4.69, 9.17) is 5.11 Å². The minimum atomic E-state index is -3.83. The molecule has 0 saturated carbocycles. The molecule has 7 heteroatoms.